The fourth-order valence-electron chi connectivity index (χ4n) is 4.81. The third-order valence-electron chi connectivity index (χ3n) is 6.29. The second-order valence-electron chi connectivity index (χ2n) is 8.45. The minimum absolute atomic E-state index is 0.0503. The van der Waals surface area contributed by atoms with Crippen LogP contribution in [0.25, 0.3) is 10.2 Å². The molecule has 2 aliphatic rings. The fourth-order valence-corrected chi connectivity index (χ4v) is 7.22. The Labute approximate surface area is 180 Å². The van der Waals surface area contributed by atoms with Gasteiger partial charge in [0.15, 0.2) is 0 Å². The zero-order valence-electron chi connectivity index (χ0n) is 17.0. The van der Waals surface area contributed by atoms with Crippen LogP contribution in [0.1, 0.15) is 31.4 Å². The second kappa shape index (κ2) is 7.55. The van der Waals surface area contributed by atoms with Gasteiger partial charge in [-0.1, -0.05) is 0 Å². The highest BCUT2D eigenvalue weighted by Gasteiger charge is 2.43. The van der Waals surface area contributed by atoms with Crippen LogP contribution in [0.5, 0.6) is 0 Å². The summed E-state index contributed by atoms with van der Waals surface area (Å²) < 4.78 is 29.5. The fraction of sp³-hybridized carbons (Fsp3) is 0.476. The summed E-state index contributed by atoms with van der Waals surface area (Å²) in [5, 5.41) is 0. The van der Waals surface area contributed by atoms with Crippen molar-refractivity contribution >= 4 is 37.5 Å². The highest BCUT2D eigenvalue weighted by atomic mass is 32.2. The molecule has 30 heavy (non-hydrogen) atoms. The lowest BCUT2D eigenvalue weighted by Gasteiger charge is -2.48. The zero-order chi connectivity index (χ0) is 20.8. The Hall–Kier alpha value is -2.10. The summed E-state index contributed by atoms with van der Waals surface area (Å²) in [7, 11) is -3.53. The third kappa shape index (κ3) is 3.59. The molecule has 4 heterocycles. The number of nitrogens with zero attached hydrogens (tertiary/aromatic N) is 5. The number of aryl methyl sites for hydroxylation is 1. The van der Waals surface area contributed by atoms with Gasteiger partial charge in [-0.2, -0.15) is 4.31 Å². The van der Waals surface area contributed by atoms with Crippen LogP contribution in [-0.2, 0) is 10.0 Å². The van der Waals surface area contributed by atoms with Crippen molar-refractivity contribution in [1.82, 2.24) is 19.3 Å². The highest BCUT2D eigenvalue weighted by molar-refractivity contribution is 7.89. The molecule has 1 atom stereocenters. The number of sulfonamides is 1. The van der Waals surface area contributed by atoms with Crippen LogP contribution >= 0.6 is 11.3 Å². The standard InChI is InChI=1S/C21H25N5O2S2/c1-16-6-9-22-20(24-16)25-10-2-7-21(13-25)8-3-11-26(14-21)30(27,28)17-4-5-18-19(12-17)29-15-23-18/h4-6,9,12,15H,2-3,7-8,10-11,13-14H2,1H3. The first-order chi connectivity index (χ1) is 14.5. The second-order valence-corrected chi connectivity index (χ2v) is 11.3. The molecule has 0 N–H and O–H groups in total. The Kier molecular flexibility index (Phi) is 4.99. The van der Waals surface area contributed by atoms with Crippen molar-refractivity contribution < 1.29 is 8.42 Å². The van der Waals surface area contributed by atoms with Gasteiger partial charge in [0.2, 0.25) is 16.0 Å². The van der Waals surface area contributed by atoms with Crippen molar-refractivity contribution in [3.05, 3.63) is 41.7 Å². The molecule has 1 aromatic carbocycles. The molecule has 2 saturated heterocycles. The molecule has 3 aromatic rings. The van der Waals surface area contributed by atoms with Gasteiger partial charge in [0.25, 0.3) is 0 Å². The van der Waals surface area contributed by atoms with Crippen molar-refractivity contribution in [1.29, 1.82) is 0 Å². The van der Waals surface area contributed by atoms with E-state index in [0.717, 1.165) is 60.6 Å². The summed E-state index contributed by atoms with van der Waals surface area (Å²) in [6.07, 6.45) is 5.78. The van der Waals surface area contributed by atoms with E-state index in [9.17, 15) is 8.42 Å². The number of hydrogen-bond acceptors (Lipinski definition) is 7. The third-order valence-corrected chi connectivity index (χ3v) is 8.93. The van der Waals surface area contributed by atoms with Gasteiger partial charge in [0, 0.05) is 43.5 Å². The molecule has 9 heteroatoms. The number of thiazole rings is 1. The van der Waals surface area contributed by atoms with E-state index in [-0.39, 0.29) is 5.41 Å². The molecule has 0 amide bonds. The molecular formula is C21H25N5O2S2. The van der Waals surface area contributed by atoms with Crippen molar-refractivity contribution in [2.75, 3.05) is 31.1 Å². The normalized spacial score (nSPS) is 23.3. The lowest BCUT2D eigenvalue weighted by atomic mass is 9.74. The Morgan fingerprint density at radius 2 is 1.90 bits per heavy atom. The van der Waals surface area contributed by atoms with Gasteiger partial charge in [-0.25, -0.2) is 23.4 Å². The minimum atomic E-state index is -3.53. The van der Waals surface area contributed by atoms with Crippen LogP contribution in [0, 0.1) is 12.3 Å². The summed E-state index contributed by atoms with van der Waals surface area (Å²) in [5.41, 5.74) is 3.49. The molecule has 0 radical (unpaired) electrons. The van der Waals surface area contributed by atoms with Crippen molar-refractivity contribution in [2.45, 2.75) is 37.5 Å². The molecular weight excluding hydrogens is 418 g/mol. The maximum Gasteiger partial charge on any atom is 0.243 e. The highest BCUT2D eigenvalue weighted by Crippen LogP contribution is 2.41. The molecule has 0 aliphatic carbocycles. The molecule has 5 rings (SSSR count). The van der Waals surface area contributed by atoms with Gasteiger partial charge in [0.05, 0.1) is 20.6 Å². The number of aromatic nitrogens is 3. The predicted molar refractivity (Wildman–Crippen MR) is 118 cm³/mol. The van der Waals surface area contributed by atoms with Crippen LogP contribution in [-0.4, -0.2) is 53.9 Å². The largest absolute Gasteiger partial charge is 0.340 e. The number of fused-ring (bicyclic) bond motifs is 1. The van der Waals surface area contributed by atoms with E-state index in [4.69, 9.17) is 0 Å². The Bertz CT molecular complexity index is 1170. The summed E-state index contributed by atoms with van der Waals surface area (Å²) in [5.74, 6) is 0.754. The first-order valence-electron chi connectivity index (χ1n) is 10.3. The SMILES string of the molecule is Cc1ccnc(N2CCCC3(CCCN(S(=O)(=O)c4ccc5ncsc5c4)C3)C2)n1. The molecule has 158 valence electrons. The van der Waals surface area contributed by atoms with Gasteiger partial charge in [-0.15, -0.1) is 11.3 Å². The van der Waals surface area contributed by atoms with E-state index < -0.39 is 10.0 Å². The van der Waals surface area contributed by atoms with Gasteiger partial charge in [-0.3, -0.25) is 0 Å². The van der Waals surface area contributed by atoms with E-state index in [1.807, 2.05) is 13.0 Å². The average molecular weight is 444 g/mol. The maximum atomic E-state index is 13.4. The van der Waals surface area contributed by atoms with Crippen LogP contribution < -0.4 is 4.90 Å². The Morgan fingerprint density at radius 3 is 2.73 bits per heavy atom. The summed E-state index contributed by atoms with van der Waals surface area (Å²) in [6, 6.07) is 7.15. The van der Waals surface area contributed by atoms with Crippen LogP contribution in [0.4, 0.5) is 5.95 Å². The van der Waals surface area contributed by atoms with Crippen molar-refractivity contribution in [3.8, 4) is 0 Å². The lowest BCUT2D eigenvalue weighted by Crippen LogP contribution is -2.54. The maximum absolute atomic E-state index is 13.4. The smallest absolute Gasteiger partial charge is 0.243 e. The number of hydrogen-bond donors (Lipinski definition) is 0. The topological polar surface area (TPSA) is 79.3 Å². The molecule has 1 spiro atoms. The van der Waals surface area contributed by atoms with Crippen LogP contribution in [0.3, 0.4) is 0 Å². The summed E-state index contributed by atoms with van der Waals surface area (Å²) in [6.45, 7) is 4.82. The van der Waals surface area contributed by atoms with Crippen molar-refractivity contribution in [3.63, 3.8) is 0 Å². The van der Waals surface area contributed by atoms with E-state index in [1.165, 1.54) is 11.3 Å². The van der Waals surface area contributed by atoms with E-state index in [2.05, 4.69) is 19.9 Å². The summed E-state index contributed by atoms with van der Waals surface area (Å²) in [4.78, 5) is 15.9. The average Bonchev–Trinajstić information content (AvgIpc) is 3.22. The first-order valence-corrected chi connectivity index (χ1v) is 12.7. The molecule has 7 nitrogen and oxygen atoms in total. The van der Waals surface area contributed by atoms with Gasteiger partial charge >= 0.3 is 0 Å². The Balaban J connectivity index is 1.40. The van der Waals surface area contributed by atoms with Gasteiger partial charge in [-0.05, 0) is 56.9 Å². The summed E-state index contributed by atoms with van der Waals surface area (Å²) >= 11 is 1.47. The lowest BCUT2D eigenvalue weighted by molar-refractivity contribution is 0.122. The molecule has 2 aliphatic heterocycles. The van der Waals surface area contributed by atoms with Crippen LogP contribution in [0.2, 0.25) is 0 Å². The molecule has 2 fully saturated rings. The number of piperidine rings is 2. The number of benzene rings is 1. The molecule has 2 aromatic heterocycles. The minimum Gasteiger partial charge on any atom is -0.340 e. The number of rotatable bonds is 3. The number of anilines is 1. The molecule has 0 bridgehead atoms. The van der Waals surface area contributed by atoms with Gasteiger partial charge in [0.1, 0.15) is 0 Å². The van der Waals surface area contributed by atoms with Crippen molar-refractivity contribution in [2.24, 2.45) is 5.41 Å². The zero-order valence-corrected chi connectivity index (χ0v) is 18.6. The first kappa shape index (κ1) is 19.8. The quantitative estimate of drug-likeness (QED) is 0.617. The van der Waals surface area contributed by atoms with Gasteiger partial charge < -0.3 is 4.90 Å². The molecule has 0 saturated carbocycles. The van der Waals surface area contributed by atoms with E-state index >= 15 is 0 Å². The Morgan fingerprint density at radius 1 is 1.07 bits per heavy atom. The molecule has 1 unspecified atom stereocenters. The predicted octanol–water partition coefficient (Wildman–Crippen LogP) is 3.47. The monoisotopic (exact) mass is 443 g/mol. The van der Waals surface area contributed by atoms with E-state index in [1.54, 1.807) is 34.2 Å². The van der Waals surface area contributed by atoms with Crippen LogP contribution in [0.15, 0.2) is 40.9 Å². The van der Waals surface area contributed by atoms with E-state index in [0.29, 0.717) is 18.0 Å².